The summed E-state index contributed by atoms with van der Waals surface area (Å²) in [4.78, 5) is 23.0. The highest BCUT2D eigenvalue weighted by atomic mass is 127. The third-order valence-electron chi connectivity index (χ3n) is 1.96. The highest BCUT2D eigenvalue weighted by Gasteiger charge is 2.11. The van der Waals surface area contributed by atoms with E-state index >= 15 is 0 Å². The van der Waals surface area contributed by atoms with Crippen molar-refractivity contribution in [1.82, 2.24) is 10.6 Å². The molecule has 0 fully saturated rings. The SMILES string of the molecule is CCNC(=O)CNC(=O)c1cc(I)ccc1Br. The van der Waals surface area contributed by atoms with Crippen molar-refractivity contribution < 1.29 is 9.59 Å². The molecule has 0 spiro atoms. The van der Waals surface area contributed by atoms with Gasteiger partial charge < -0.3 is 10.6 Å². The van der Waals surface area contributed by atoms with Crippen molar-refractivity contribution in [3.63, 3.8) is 0 Å². The molecule has 1 aromatic rings. The third kappa shape index (κ3) is 4.63. The summed E-state index contributed by atoms with van der Waals surface area (Å²) in [7, 11) is 0. The van der Waals surface area contributed by atoms with Gasteiger partial charge in [-0.2, -0.15) is 0 Å². The summed E-state index contributed by atoms with van der Waals surface area (Å²) >= 11 is 5.43. The van der Waals surface area contributed by atoms with E-state index in [4.69, 9.17) is 0 Å². The van der Waals surface area contributed by atoms with Crippen LogP contribution in [0.15, 0.2) is 22.7 Å². The van der Waals surface area contributed by atoms with Gasteiger partial charge in [-0.1, -0.05) is 0 Å². The van der Waals surface area contributed by atoms with Gasteiger partial charge in [0.05, 0.1) is 12.1 Å². The van der Waals surface area contributed by atoms with E-state index in [1.165, 1.54) is 0 Å². The first-order chi connectivity index (χ1) is 8.04. The molecule has 0 bridgehead atoms. The normalized spacial score (nSPS) is 9.82. The summed E-state index contributed by atoms with van der Waals surface area (Å²) in [5.41, 5.74) is 0.529. The Morgan fingerprint density at radius 3 is 2.71 bits per heavy atom. The lowest BCUT2D eigenvalue weighted by Gasteiger charge is -2.07. The number of amides is 2. The summed E-state index contributed by atoms with van der Waals surface area (Å²) in [5.74, 6) is -0.454. The monoisotopic (exact) mass is 410 g/mol. The molecule has 92 valence electrons. The van der Waals surface area contributed by atoms with Gasteiger partial charge in [0.1, 0.15) is 0 Å². The molecular weight excluding hydrogens is 399 g/mol. The molecule has 0 heterocycles. The van der Waals surface area contributed by atoms with Crippen molar-refractivity contribution in [3.05, 3.63) is 31.8 Å². The molecule has 2 N–H and O–H groups in total. The first kappa shape index (κ1) is 14.4. The number of nitrogens with one attached hydrogen (secondary N) is 2. The fourth-order valence-electron chi connectivity index (χ4n) is 1.19. The first-order valence-electron chi connectivity index (χ1n) is 5.04. The summed E-state index contributed by atoms with van der Waals surface area (Å²) in [5, 5.41) is 5.18. The van der Waals surface area contributed by atoms with Gasteiger partial charge in [-0.25, -0.2) is 0 Å². The Labute approximate surface area is 122 Å². The topological polar surface area (TPSA) is 58.2 Å². The number of benzene rings is 1. The lowest BCUT2D eigenvalue weighted by molar-refractivity contribution is -0.120. The Kier molecular flexibility index (Phi) is 5.90. The zero-order valence-corrected chi connectivity index (χ0v) is 13.0. The number of carbonyl (C=O) groups excluding carboxylic acids is 2. The highest BCUT2D eigenvalue weighted by Crippen LogP contribution is 2.19. The largest absolute Gasteiger partial charge is 0.355 e. The second-order valence-electron chi connectivity index (χ2n) is 3.26. The van der Waals surface area contributed by atoms with Crippen LogP contribution < -0.4 is 10.6 Å². The van der Waals surface area contributed by atoms with E-state index in [0.717, 1.165) is 3.57 Å². The minimum Gasteiger partial charge on any atom is -0.355 e. The number of likely N-dealkylation sites (N-methyl/N-ethyl adjacent to an activating group) is 1. The van der Waals surface area contributed by atoms with Crippen LogP contribution in [0.2, 0.25) is 0 Å². The van der Waals surface area contributed by atoms with Crippen LogP contribution in [0, 0.1) is 3.57 Å². The average molecular weight is 411 g/mol. The lowest BCUT2D eigenvalue weighted by atomic mass is 10.2. The van der Waals surface area contributed by atoms with Crippen molar-refractivity contribution >= 4 is 50.3 Å². The van der Waals surface area contributed by atoms with Gasteiger partial charge in [0.15, 0.2) is 0 Å². The number of rotatable bonds is 4. The van der Waals surface area contributed by atoms with Gasteiger partial charge >= 0.3 is 0 Å². The van der Waals surface area contributed by atoms with Gasteiger partial charge in [-0.3, -0.25) is 9.59 Å². The van der Waals surface area contributed by atoms with Crippen molar-refractivity contribution in [2.45, 2.75) is 6.92 Å². The highest BCUT2D eigenvalue weighted by molar-refractivity contribution is 14.1. The molecule has 17 heavy (non-hydrogen) atoms. The maximum absolute atomic E-state index is 11.8. The van der Waals surface area contributed by atoms with Crippen molar-refractivity contribution in [3.8, 4) is 0 Å². The van der Waals surface area contributed by atoms with E-state index < -0.39 is 0 Å². The van der Waals surface area contributed by atoms with Crippen LogP contribution in [0.5, 0.6) is 0 Å². The standard InChI is InChI=1S/C11H12BrIN2O2/c1-2-14-10(16)6-15-11(17)8-5-7(13)3-4-9(8)12/h3-5H,2,6H2,1H3,(H,14,16)(H,15,17). The van der Waals surface area contributed by atoms with Crippen LogP contribution in [0.25, 0.3) is 0 Å². The van der Waals surface area contributed by atoms with E-state index in [1.807, 2.05) is 19.1 Å². The molecule has 0 aliphatic heterocycles. The van der Waals surface area contributed by atoms with Gasteiger partial charge in [-0.15, -0.1) is 0 Å². The van der Waals surface area contributed by atoms with Crippen molar-refractivity contribution in [1.29, 1.82) is 0 Å². The molecule has 4 nitrogen and oxygen atoms in total. The second kappa shape index (κ2) is 6.95. The first-order valence-corrected chi connectivity index (χ1v) is 6.91. The lowest BCUT2D eigenvalue weighted by Crippen LogP contribution is -2.36. The maximum Gasteiger partial charge on any atom is 0.252 e. The van der Waals surface area contributed by atoms with Crippen LogP contribution in [0.3, 0.4) is 0 Å². The molecule has 0 aromatic heterocycles. The molecule has 0 atom stereocenters. The molecule has 6 heteroatoms. The van der Waals surface area contributed by atoms with Crippen LogP contribution in [-0.4, -0.2) is 24.9 Å². The van der Waals surface area contributed by atoms with Crippen molar-refractivity contribution in [2.75, 3.05) is 13.1 Å². The Hall–Kier alpha value is -0.630. The Bertz CT molecular complexity index is 437. The maximum atomic E-state index is 11.8. The summed E-state index contributed by atoms with van der Waals surface area (Å²) in [6, 6.07) is 5.46. The average Bonchev–Trinajstić information content (AvgIpc) is 2.29. The summed E-state index contributed by atoms with van der Waals surface area (Å²) in [6.07, 6.45) is 0. The number of carbonyl (C=O) groups is 2. The van der Waals surface area contributed by atoms with E-state index in [-0.39, 0.29) is 18.4 Å². The van der Waals surface area contributed by atoms with Crippen molar-refractivity contribution in [2.24, 2.45) is 0 Å². The zero-order chi connectivity index (χ0) is 12.8. The number of hydrogen-bond acceptors (Lipinski definition) is 2. The zero-order valence-electron chi connectivity index (χ0n) is 9.22. The molecule has 0 aliphatic rings. The Morgan fingerprint density at radius 2 is 2.06 bits per heavy atom. The van der Waals surface area contributed by atoms with Crippen LogP contribution >= 0.6 is 38.5 Å². The molecule has 0 saturated heterocycles. The van der Waals surface area contributed by atoms with Gasteiger partial charge in [0.25, 0.3) is 5.91 Å². The second-order valence-corrected chi connectivity index (χ2v) is 5.36. The summed E-state index contributed by atoms with van der Waals surface area (Å²) < 4.78 is 1.68. The smallest absolute Gasteiger partial charge is 0.252 e. The predicted octanol–water partition coefficient (Wildman–Crippen LogP) is 1.92. The molecule has 1 aromatic carbocycles. The van der Waals surface area contributed by atoms with Crippen LogP contribution in [0.1, 0.15) is 17.3 Å². The summed E-state index contributed by atoms with van der Waals surface area (Å²) in [6.45, 7) is 2.38. The molecular formula is C11H12BrIN2O2. The number of hydrogen-bond donors (Lipinski definition) is 2. The van der Waals surface area contributed by atoms with E-state index in [1.54, 1.807) is 6.07 Å². The van der Waals surface area contributed by atoms with Gasteiger partial charge in [0, 0.05) is 14.6 Å². The van der Waals surface area contributed by atoms with Gasteiger partial charge in [-0.05, 0) is 63.6 Å². The van der Waals surface area contributed by atoms with E-state index in [2.05, 4.69) is 49.2 Å². The molecule has 0 radical (unpaired) electrons. The number of halogens is 2. The van der Waals surface area contributed by atoms with Crippen LogP contribution in [-0.2, 0) is 4.79 Å². The fraction of sp³-hybridized carbons (Fsp3) is 0.273. The van der Waals surface area contributed by atoms with Gasteiger partial charge in [0.2, 0.25) is 5.91 Å². The molecule has 2 amide bonds. The Balaban J connectivity index is 2.64. The van der Waals surface area contributed by atoms with E-state index in [9.17, 15) is 9.59 Å². The minimum atomic E-state index is -0.262. The molecule has 0 unspecified atom stereocenters. The molecule has 0 saturated carbocycles. The fourth-order valence-corrected chi connectivity index (χ4v) is 2.10. The van der Waals surface area contributed by atoms with E-state index in [0.29, 0.717) is 16.6 Å². The molecule has 1 rings (SSSR count). The predicted molar refractivity (Wildman–Crippen MR) is 77.9 cm³/mol. The molecule has 0 aliphatic carbocycles. The third-order valence-corrected chi connectivity index (χ3v) is 3.32. The minimum absolute atomic E-state index is 0.00934. The Morgan fingerprint density at radius 1 is 1.35 bits per heavy atom. The quantitative estimate of drug-likeness (QED) is 0.745. The van der Waals surface area contributed by atoms with Crippen LogP contribution in [0.4, 0.5) is 0 Å².